The highest BCUT2D eigenvalue weighted by Gasteiger charge is 2.58. The lowest BCUT2D eigenvalue weighted by Crippen LogP contribution is -2.36. The van der Waals surface area contributed by atoms with E-state index in [1.807, 2.05) is 0 Å². The van der Waals surface area contributed by atoms with Crippen molar-refractivity contribution in [1.29, 1.82) is 0 Å². The van der Waals surface area contributed by atoms with Crippen LogP contribution in [0.5, 0.6) is 0 Å². The first kappa shape index (κ1) is 9.62. The lowest BCUT2D eigenvalue weighted by Gasteiger charge is -2.32. The predicted molar refractivity (Wildman–Crippen MR) is 53.7 cm³/mol. The summed E-state index contributed by atoms with van der Waals surface area (Å²) < 4.78 is 0. The van der Waals surface area contributed by atoms with E-state index >= 15 is 0 Å². The Balaban J connectivity index is 2.44. The Morgan fingerprint density at radius 2 is 2.14 bits per heavy atom. The van der Waals surface area contributed by atoms with Crippen molar-refractivity contribution in [2.75, 3.05) is 0 Å². The van der Waals surface area contributed by atoms with Crippen LogP contribution < -0.4 is 0 Å². The zero-order valence-corrected chi connectivity index (χ0v) is 8.91. The van der Waals surface area contributed by atoms with Gasteiger partial charge in [-0.05, 0) is 25.2 Å². The molecule has 4 nitrogen and oxygen atoms in total. The van der Waals surface area contributed by atoms with Crippen molar-refractivity contribution in [2.24, 2.45) is 21.8 Å². The molecule has 0 amide bonds. The van der Waals surface area contributed by atoms with Crippen LogP contribution in [-0.2, 0) is 0 Å². The number of rotatable bonds is 1. The molecule has 0 saturated heterocycles. The third-order valence-electron chi connectivity index (χ3n) is 4.13. The molecule has 2 fully saturated rings. The van der Waals surface area contributed by atoms with Crippen molar-refractivity contribution >= 4 is 5.71 Å². The van der Waals surface area contributed by atoms with Gasteiger partial charge in [-0.15, -0.1) is 0 Å². The van der Waals surface area contributed by atoms with Gasteiger partial charge in [0.05, 0.1) is 5.10 Å². The van der Waals surface area contributed by atoms with Crippen LogP contribution in [-0.4, -0.2) is 10.7 Å². The molecule has 0 radical (unpaired) electrons. The molecule has 0 aromatic rings. The maximum Gasteiger partial charge on any atom is 0.190 e. The quantitative estimate of drug-likeness (QED) is 0.478. The van der Waals surface area contributed by atoms with Crippen LogP contribution in [0.1, 0.15) is 40.0 Å². The van der Waals surface area contributed by atoms with E-state index in [-0.39, 0.29) is 10.8 Å². The van der Waals surface area contributed by atoms with Gasteiger partial charge in [-0.3, -0.25) is 0 Å². The van der Waals surface area contributed by atoms with Gasteiger partial charge in [-0.25, -0.2) is 10.1 Å². The molecule has 2 saturated carbocycles. The van der Waals surface area contributed by atoms with E-state index in [4.69, 9.17) is 0 Å². The summed E-state index contributed by atoms with van der Waals surface area (Å²) in [4.78, 5) is 10.5. The van der Waals surface area contributed by atoms with Gasteiger partial charge in [0.2, 0.25) is 0 Å². The van der Waals surface area contributed by atoms with E-state index in [1.165, 1.54) is 6.42 Å². The van der Waals surface area contributed by atoms with Gasteiger partial charge in [0.1, 0.15) is 5.71 Å². The molecule has 0 heterocycles. The summed E-state index contributed by atoms with van der Waals surface area (Å²) in [5.74, 6) is 0.589. The topological polar surface area (TPSA) is 55.5 Å². The molecule has 2 atom stereocenters. The second kappa shape index (κ2) is 2.55. The standard InChI is InChI=1S/C10H16N2O2/c1-9(2)7-4-5-10(3,6-7)8(9)11-12(13)14/h7H,4-6H2,1-3H3/b11-8-. The molecule has 2 unspecified atom stereocenters. The van der Waals surface area contributed by atoms with E-state index in [0.29, 0.717) is 5.92 Å². The highest BCUT2D eigenvalue weighted by molar-refractivity contribution is 5.97. The Kier molecular flexibility index (Phi) is 1.75. The largest absolute Gasteiger partial charge is 0.233 e. The maximum atomic E-state index is 10.5. The lowest BCUT2D eigenvalue weighted by atomic mass is 9.71. The maximum absolute atomic E-state index is 10.5. The summed E-state index contributed by atoms with van der Waals surface area (Å²) in [6.45, 7) is 6.29. The van der Waals surface area contributed by atoms with Crippen molar-refractivity contribution in [1.82, 2.24) is 0 Å². The molecule has 78 valence electrons. The molecule has 14 heavy (non-hydrogen) atoms. The van der Waals surface area contributed by atoms with E-state index in [2.05, 4.69) is 25.9 Å². The van der Waals surface area contributed by atoms with E-state index < -0.39 is 5.03 Å². The average molecular weight is 196 g/mol. The molecule has 0 aromatic carbocycles. The summed E-state index contributed by atoms with van der Waals surface area (Å²) in [7, 11) is 0. The molecule has 2 aliphatic rings. The van der Waals surface area contributed by atoms with Crippen LogP contribution in [0.25, 0.3) is 0 Å². The fraction of sp³-hybridized carbons (Fsp3) is 0.900. The van der Waals surface area contributed by atoms with Crippen LogP contribution in [0.4, 0.5) is 0 Å². The molecule has 0 aromatic heterocycles. The van der Waals surface area contributed by atoms with Crippen LogP contribution in [0.15, 0.2) is 5.10 Å². The first-order chi connectivity index (χ1) is 6.36. The second-order valence-electron chi connectivity index (χ2n) is 5.41. The predicted octanol–water partition coefficient (Wildman–Crippen LogP) is 2.47. The number of nitrogens with zero attached hydrogens (tertiary/aromatic N) is 2. The van der Waals surface area contributed by atoms with Gasteiger partial charge in [0, 0.05) is 10.8 Å². The monoisotopic (exact) mass is 196 g/mol. The number of hydrogen-bond acceptors (Lipinski definition) is 2. The fourth-order valence-corrected chi connectivity index (χ4v) is 3.37. The number of hydrogen-bond donors (Lipinski definition) is 0. The summed E-state index contributed by atoms with van der Waals surface area (Å²) in [5, 5.41) is 13.6. The first-order valence-electron chi connectivity index (χ1n) is 5.10. The molecule has 0 N–H and O–H groups in total. The SMILES string of the molecule is CC12CCC(C1)C(C)(C)/C2=N/[N+](=O)[O-]. The van der Waals surface area contributed by atoms with E-state index in [1.54, 1.807) is 0 Å². The number of hydrazone groups is 1. The van der Waals surface area contributed by atoms with E-state index in [0.717, 1.165) is 18.6 Å². The van der Waals surface area contributed by atoms with Gasteiger partial charge in [-0.2, -0.15) is 0 Å². The summed E-state index contributed by atoms with van der Waals surface area (Å²) in [5.41, 5.74) is 0.743. The molecule has 0 spiro atoms. The summed E-state index contributed by atoms with van der Waals surface area (Å²) >= 11 is 0. The second-order valence-corrected chi connectivity index (χ2v) is 5.41. The Hall–Kier alpha value is -0.930. The van der Waals surface area contributed by atoms with E-state index in [9.17, 15) is 10.1 Å². The summed E-state index contributed by atoms with van der Waals surface area (Å²) in [6, 6.07) is 0. The van der Waals surface area contributed by atoms with Crippen molar-refractivity contribution in [3.63, 3.8) is 0 Å². The molecule has 2 bridgehead atoms. The summed E-state index contributed by atoms with van der Waals surface area (Å²) in [6.07, 6.45) is 3.33. The van der Waals surface area contributed by atoms with Crippen molar-refractivity contribution < 1.29 is 5.03 Å². The van der Waals surface area contributed by atoms with Gasteiger partial charge in [0.15, 0.2) is 5.03 Å². The smallest absolute Gasteiger partial charge is 0.190 e. The lowest BCUT2D eigenvalue weighted by molar-refractivity contribution is -0.485. The molecule has 4 heteroatoms. The van der Waals surface area contributed by atoms with Crippen molar-refractivity contribution in [2.45, 2.75) is 40.0 Å². The van der Waals surface area contributed by atoms with Crippen molar-refractivity contribution in [3.05, 3.63) is 10.1 Å². The number of nitro groups is 1. The molecule has 0 aliphatic heterocycles. The molecule has 2 aliphatic carbocycles. The average Bonchev–Trinajstić information content (AvgIpc) is 2.49. The minimum absolute atomic E-state index is 0.00123. The minimum atomic E-state index is -0.539. The molecule has 2 rings (SSSR count). The van der Waals surface area contributed by atoms with Gasteiger partial charge < -0.3 is 0 Å². The minimum Gasteiger partial charge on any atom is -0.233 e. The Labute approximate surface area is 83.5 Å². The third-order valence-corrected chi connectivity index (χ3v) is 4.13. The van der Waals surface area contributed by atoms with Crippen LogP contribution in [0.3, 0.4) is 0 Å². The third kappa shape index (κ3) is 1.09. The normalized spacial score (nSPS) is 41.9. The molecular formula is C10H16N2O2. The van der Waals surface area contributed by atoms with Gasteiger partial charge >= 0.3 is 0 Å². The van der Waals surface area contributed by atoms with Crippen LogP contribution in [0, 0.1) is 26.9 Å². The van der Waals surface area contributed by atoms with Crippen molar-refractivity contribution in [3.8, 4) is 0 Å². The molecular weight excluding hydrogens is 180 g/mol. The first-order valence-corrected chi connectivity index (χ1v) is 5.10. The zero-order chi connectivity index (χ0) is 10.6. The Morgan fingerprint density at radius 3 is 2.57 bits per heavy atom. The Bertz CT molecular complexity index is 315. The number of fused-ring (bicyclic) bond motifs is 2. The highest BCUT2D eigenvalue weighted by Crippen LogP contribution is 2.60. The zero-order valence-electron chi connectivity index (χ0n) is 8.91. The van der Waals surface area contributed by atoms with Gasteiger partial charge in [-0.1, -0.05) is 20.8 Å². The van der Waals surface area contributed by atoms with Crippen LogP contribution >= 0.6 is 0 Å². The Morgan fingerprint density at radius 1 is 1.50 bits per heavy atom. The fourth-order valence-electron chi connectivity index (χ4n) is 3.37. The van der Waals surface area contributed by atoms with Gasteiger partial charge in [0.25, 0.3) is 0 Å². The highest BCUT2D eigenvalue weighted by atomic mass is 16.7. The van der Waals surface area contributed by atoms with Crippen LogP contribution in [0.2, 0.25) is 0 Å².